The van der Waals surface area contributed by atoms with Crippen LogP contribution in [0.1, 0.15) is 45.7 Å². The van der Waals surface area contributed by atoms with Gasteiger partial charge in [-0.25, -0.2) is 0 Å². The Bertz CT molecular complexity index is 1150. The van der Waals surface area contributed by atoms with Crippen LogP contribution in [0.5, 0.6) is 0 Å². The van der Waals surface area contributed by atoms with Crippen molar-refractivity contribution in [3.8, 4) is 0 Å². The maximum atomic E-state index is 13.7. The second kappa shape index (κ2) is 9.68. The van der Waals surface area contributed by atoms with Crippen LogP contribution in [-0.2, 0) is 34.9 Å². The number of alkyl halides is 12. The molecule has 0 saturated carbocycles. The van der Waals surface area contributed by atoms with Crippen LogP contribution >= 0.6 is 0 Å². The van der Waals surface area contributed by atoms with E-state index in [0.717, 1.165) is 0 Å². The van der Waals surface area contributed by atoms with Crippen molar-refractivity contribution in [1.29, 1.82) is 0 Å². The Balaban J connectivity index is 2.43. The van der Waals surface area contributed by atoms with E-state index in [1.54, 1.807) is 19.6 Å². The minimum absolute atomic E-state index is 0.102. The Morgan fingerprint density at radius 2 is 1.03 bits per heavy atom. The highest BCUT2D eigenvalue weighted by Gasteiger charge is 2.54. The molecule has 2 nitrogen and oxygen atoms in total. The lowest BCUT2D eigenvalue weighted by Gasteiger charge is -2.46. The molecule has 3 rings (SSSR count). The highest BCUT2D eigenvalue weighted by molar-refractivity contribution is 6.69. The first-order valence-electron chi connectivity index (χ1n) is 11.4. The Labute approximate surface area is 216 Å². The van der Waals surface area contributed by atoms with Gasteiger partial charge in [0.1, 0.15) is 5.72 Å². The van der Waals surface area contributed by atoms with E-state index in [4.69, 9.17) is 4.43 Å². The molecule has 0 radical (unpaired) electrons. The number of hydrogen-bond acceptors (Lipinski definition) is 2. The molecule has 1 heterocycles. The molecule has 0 aromatic heterocycles. The van der Waals surface area contributed by atoms with Crippen LogP contribution in [0.2, 0.25) is 19.6 Å². The summed E-state index contributed by atoms with van der Waals surface area (Å²) in [5.74, 6) is -1.48. The summed E-state index contributed by atoms with van der Waals surface area (Å²) >= 11 is 0. The van der Waals surface area contributed by atoms with E-state index in [1.807, 2.05) is 0 Å². The third kappa shape index (κ3) is 6.56. The molecule has 2 aromatic rings. The normalized spacial score (nSPS) is 22.0. The van der Waals surface area contributed by atoms with Crippen LogP contribution in [0.3, 0.4) is 0 Å². The third-order valence-corrected chi connectivity index (χ3v) is 7.19. The minimum Gasteiger partial charge on any atom is -0.396 e. The van der Waals surface area contributed by atoms with E-state index in [1.165, 1.54) is 11.9 Å². The zero-order valence-corrected chi connectivity index (χ0v) is 21.8. The van der Waals surface area contributed by atoms with Crippen molar-refractivity contribution in [3.63, 3.8) is 0 Å². The molecule has 0 bridgehead atoms. The van der Waals surface area contributed by atoms with Gasteiger partial charge in [0.25, 0.3) is 0 Å². The molecule has 0 amide bonds. The molecule has 1 saturated heterocycles. The standard InChI is InChI=1S/C24H23F12NOSi/c1-37-6-5-19(13-7-15(21(25,26)27)11-16(8-13)22(28,29)30)20(37,38-39(2,3)4)14-9-17(23(31,32)33)12-18(10-14)24(34,35)36/h7-12,19H,5-6H2,1-4H3/t19?,20-/m0/s1. The topological polar surface area (TPSA) is 12.5 Å². The number of likely N-dealkylation sites (N-methyl/N-ethyl adjacent to an activating group) is 1. The number of benzene rings is 2. The molecule has 1 fully saturated rings. The molecule has 2 atom stereocenters. The van der Waals surface area contributed by atoms with Crippen LogP contribution in [0.4, 0.5) is 52.7 Å². The Hall–Kier alpha value is -2.26. The molecule has 0 aliphatic carbocycles. The van der Waals surface area contributed by atoms with Gasteiger partial charge >= 0.3 is 24.7 Å². The van der Waals surface area contributed by atoms with E-state index in [-0.39, 0.29) is 25.1 Å². The van der Waals surface area contributed by atoms with Crippen LogP contribution in [0, 0.1) is 0 Å². The van der Waals surface area contributed by atoms with Crippen LogP contribution < -0.4 is 0 Å². The SMILES string of the molecule is CN1CCC(c2cc(C(F)(F)F)cc(C(F)(F)F)c2)[C@@]1(O[Si](C)(C)C)c1cc(C(F)(F)F)cc(C(F)(F)F)c1. The average Bonchev–Trinajstić information content (AvgIpc) is 3.06. The maximum absolute atomic E-state index is 13.7. The van der Waals surface area contributed by atoms with Gasteiger partial charge in [0.2, 0.25) is 0 Å². The van der Waals surface area contributed by atoms with Crippen molar-refractivity contribution < 1.29 is 57.1 Å². The minimum atomic E-state index is -5.25. The van der Waals surface area contributed by atoms with Crippen molar-refractivity contribution in [3.05, 3.63) is 69.8 Å². The molecule has 218 valence electrons. The molecule has 0 spiro atoms. The van der Waals surface area contributed by atoms with Crippen molar-refractivity contribution >= 4 is 8.32 Å². The fourth-order valence-electron chi connectivity index (χ4n) is 4.78. The second-order valence-corrected chi connectivity index (χ2v) is 14.7. The number of halogens is 12. The molecular formula is C24H23F12NOSi. The van der Waals surface area contributed by atoms with Gasteiger partial charge in [0.05, 0.1) is 22.3 Å². The van der Waals surface area contributed by atoms with E-state index >= 15 is 0 Å². The lowest BCUT2D eigenvalue weighted by atomic mass is 9.81. The molecule has 39 heavy (non-hydrogen) atoms. The van der Waals surface area contributed by atoms with Crippen molar-refractivity contribution in [1.82, 2.24) is 4.90 Å². The largest absolute Gasteiger partial charge is 0.416 e. The molecule has 15 heteroatoms. The fraction of sp³-hybridized carbons (Fsp3) is 0.500. The average molecular weight is 598 g/mol. The number of nitrogens with zero attached hydrogens (tertiary/aromatic N) is 1. The summed E-state index contributed by atoms with van der Waals surface area (Å²) in [6, 6.07) is 1.46. The van der Waals surface area contributed by atoms with Gasteiger partial charge in [-0.3, -0.25) is 4.90 Å². The predicted molar refractivity (Wildman–Crippen MR) is 119 cm³/mol. The van der Waals surface area contributed by atoms with E-state index in [0.29, 0.717) is 24.3 Å². The molecule has 1 unspecified atom stereocenters. The quantitative estimate of drug-likeness (QED) is 0.258. The van der Waals surface area contributed by atoms with Crippen LogP contribution in [0.15, 0.2) is 36.4 Å². The van der Waals surface area contributed by atoms with Crippen molar-refractivity contribution in [2.75, 3.05) is 13.6 Å². The second-order valence-electron chi connectivity index (χ2n) is 10.3. The van der Waals surface area contributed by atoms with Gasteiger partial charge in [-0.1, -0.05) is 0 Å². The first-order valence-corrected chi connectivity index (χ1v) is 14.8. The van der Waals surface area contributed by atoms with Gasteiger partial charge in [-0.15, -0.1) is 0 Å². The Kier molecular flexibility index (Phi) is 7.76. The smallest absolute Gasteiger partial charge is 0.396 e. The molecule has 1 aliphatic heterocycles. The number of hydrogen-bond donors (Lipinski definition) is 0. The van der Waals surface area contributed by atoms with Gasteiger partial charge in [0.15, 0.2) is 8.32 Å². The first kappa shape index (κ1) is 31.3. The highest BCUT2D eigenvalue weighted by Crippen LogP contribution is 2.53. The van der Waals surface area contributed by atoms with Crippen molar-refractivity contribution in [2.45, 2.75) is 62.4 Å². The monoisotopic (exact) mass is 597 g/mol. The summed E-state index contributed by atoms with van der Waals surface area (Å²) in [5.41, 5.74) is -10.2. The van der Waals surface area contributed by atoms with E-state index in [2.05, 4.69) is 0 Å². The van der Waals surface area contributed by atoms with E-state index in [9.17, 15) is 52.7 Å². The summed E-state index contributed by atoms with van der Waals surface area (Å²) < 4.78 is 170. The molecule has 0 N–H and O–H groups in total. The fourth-order valence-corrected chi connectivity index (χ4v) is 6.13. The third-order valence-electron chi connectivity index (χ3n) is 6.27. The Morgan fingerprint density at radius 3 is 1.36 bits per heavy atom. The Morgan fingerprint density at radius 1 is 0.667 bits per heavy atom. The summed E-state index contributed by atoms with van der Waals surface area (Å²) in [4.78, 5) is 1.24. The lowest BCUT2D eigenvalue weighted by Crippen LogP contribution is -2.51. The summed E-state index contributed by atoms with van der Waals surface area (Å²) in [7, 11) is -1.69. The van der Waals surface area contributed by atoms with Gasteiger partial charge in [0, 0.05) is 12.5 Å². The van der Waals surface area contributed by atoms with Gasteiger partial charge in [-0.2, -0.15) is 52.7 Å². The van der Waals surface area contributed by atoms with Gasteiger partial charge in [-0.05, 0) is 80.6 Å². The lowest BCUT2D eigenvalue weighted by molar-refractivity contribution is -0.145. The van der Waals surface area contributed by atoms with Crippen LogP contribution in [0.25, 0.3) is 0 Å². The predicted octanol–water partition coefficient (Wildman–Crippen LogP) is 8.89. The zero-order chi connectivity index (χ0) is 30.0. The molecule has 1 aliphatic rings. The number of likely N-dealkylation sites (tertiary alicyclic amines) is 1. The summed E-state index contributed by atoms with van der Waals surface area (Å²) in [5, 5.41) is 0. The van der Waals surface area contributed by atoms with Gasteiger partial charge < -0.3 is 4.43 Å². The molecule has 2 aromatic carbocycles. The highest BCUT2D eigenvalue weighted by atomic mass is 28.4. The zero-order valence-electron chi connectivity index (χ0n) is 20.8. The number of rotatable bonds is 4. The van der Waals surface area contributed by atoms with Crippen LogP contribution in [-0.4, -0.2) is 26.8 Å². The van der Waals surface area contributed by atoms with Crippen molar-refractivity contribution in [2.24, 2.45) is 0 Å². The maximum Gasteiger partial charge on any atom is 0.416 e. The molecular weight excluding hydrogens is 574 g/mol. The first-order chi connectivity index (χ1) is 17.4. The summed E-state index contributed by atoms with van der Waals surface area (Å²) in [6.07, 6.45) is -21.1. The summed E-state index contributed by atoms with van der Waals surface area (Å²) in [6.45, 7) is 4.53. The van der Waals surface area contributed by atoms with E-state index < -0.39 is 78.0 Å².